The maximum atomic E-state index is 12.5. The van der Waals surface area contributed by atoms with Gasteiger partial charge in [0.2, 0.25) is 5.91 Å². The van der Waals surface area contributed by atoms with Gasteiger partial charge >= 0.3 is 0 Å². The van der Waals surface area contributed by atoms with Crippen LogP contribution in [0.5, 0.6) is 0 Å². The van der Waals surface area contributed by atoms with Crippen molar-refractivity contribution in [2.75, 3.05) is 6.54 Å². The zero-order valence-electron chi connectivity index (χ0n) is 12.9. The predicted octanol–water partition coefficient (Wildman–Crippen LogP) is 2.99. The standard InChI is InChI=1S/C17H30N2O/c1-13-6-5-7-15(13)16(20)19-14-8-11-18-17(12-14)9-3-2-4-10-17/h13-15,18H,2-12H2,1H3,(H,19,20). The van der Waals surface area contributed by atoms with Crippen molar-refractivity contribution >= 4 is 5.91 Å². The highest BCUT2D eigenvalue weighted by atomic mass is 16.2. The van der Waals surface area contributed by atoms with Crippen LogP contribution in [0, 0.1) is 11.8 Å². The number of nitrogens with one attached hydrogen (secondary N) is 2. The van der Waals surface area contributed by atoms with Crippen LogP contribution in [0.4, 0.5) is 0 Å². The van der Waals surface area contributed by atoms with E-state index in [4.69, 9.17) is 0 Å². The molecule has 3 atom stereocenters. The van der Waals surface area contributed by atoms with E-state index in [0.29, 0.717) is 23.4 Å². The fraction of sp³-hybridized carbons (Fsp3) is 0.941. The zero-order valence-corrected chi connectivity index (χ0v) is 12.9. The van der Waals surface area contributed by atoms with E-state index in [9.17, 15) is 4.79 Å². The molecule has 0 bridgehead atoms. The highest BCUT2D eigenvalue weighted by Crippen LogP contribution is 2.35. The van der Waals surface area contributed by atoms with Crippen molar-refractivity contribution in [2.24, 2.45) is 11.8 Å². The molecule has 3 rings (SSSR count). The molecule has 20 heavy (non-hydrogen) atoms. The Kier molecular flexibility index (Phi) is 4.34. The number of carbonyl (C=O) groups is 1. The minimum atomic E-state index is 0.284. The topological polar surface area (TPSA) is 41.1 Å². The van der Waals surface area contributed by atoms with Crippen molar-refractivity contribution in [3.05, 3.63) is 0 Å². The molecule has 2 aliphatic carbocycles. The number of amides is 1. The third-order valence-electron chi connectivity index (χ3n) is 5.99. The summed E-state index contributed by atoms with van der Waals surface area (Å²) in [4.78, 5) is 12.5. The van der Waals surface area contributed by atoms with Crippen molar-refractivity contribution in [3.8, 4) is 0 Å². The quantitative estimate of drug-likeness (QED) is 0.815. The summed E-state index contributed by atoms with van der Waals surface area (Å²) >= 11 is 0. The monoisotopic (exact) mass is 278 g/mol. The molecule has 0 radical (unpaired) electrons. The number of carbonyl (C=O) groups excluding carboxylic acids is 1. The first-order valence-corrected chi connectivity index (χ1v) is 8.74. The SMILES string of the molecule is CC1CCCC1C(=O)NC1CCNC2(CCCCC2)C1. The smallest absolute Gasteiger partial charge is 0.223 e. The Labute approximate surface area is 123 Å². The molecular formula is C17H30N2O. The highest BCUT2D eigenvalue weighted by Gasteiger charge is 2.38. The first-order chi connectivity index (χ1) is 9.69. The molecule has 2 saturated carbocycles. The summed E-state index contributed by atoms with van der Waals surface area (Å²) in [6, 6.07) is 0.412. The van der Waals surface area contributed by atoms with Crippen LogP contribution in [0.1, 0.15) is 71.1 Å². The number of piperidine rings is 1. The molecule has 3 fully saturated rings. The number of rotatable bonds is 2. The molecule has 114 valence electrons. The van der Waals surface area contributed by atoms with Crippen LogP contribution in [0.25, 0.3) is 0 Å². The highest BCUT2D eigenvalue weighted by molar-refractivity contribution is 5.79. The van der Waals surface area contributed by atoms with E-state index in [1.807, 2.05) is 0 Å². The van der Waals surface area contributed by atoms with Gasteiger partial charge in [0.15, 0.2) is 0 Å². The van der Waals surface area contributed by atoms with Crippen LogP contribution in [0.3, 0.4) is 0 Å². The average Bonchev–Trinajstić information content (AvgIpc) is 2.86. The molecule has 3 nitrogen and oxygen atoms in total. The first-order valence-electron chi connectivity index (χ1n) is 8.74. The average molecular weight is 278 g/mol. The third-order valence-corrected chi connectivity index (χ3v) is 5.99. The molecule has 1 aliphatic heterocycles. The van der Waals surface area contributed by atoms with E-state index < -0.39 is 0 Å². The van der Waals surface area contributed by atoms with Gasteiger partial charge in [0.1, 0.15) is 0 Å². The van der Waals surface area contributed by atoms with Crippen molar-refractivity contribution in [2.45, 2.75) is 82.7 Å². The van der Waals surface area contributed by atoms with Gasteiger partial charge in [-0.15, -0.1) is 0 Å². The van der Waals surface area contributed by atoms with Gasteiger partial charge in [-0.25, -0.2) is 0 Å². The van der Waals surface area contributed by atoms with Crippen LogP contribution in [-0.4, -0.2) is 24.0 Å². The maximum Gasteiger partial charge on any atom is 0.223 e. The van der Waals surface area contributed by atoms with Crippen molar-refractivity contribution < 1.29 is 4.79 Å². The normalized spacial score (nSPS) is 37.0. The molecule has 1 heterocycles. The lowest BCUT2D eigenvalue weighted by Crippen LogP contribution is -2.57. The third kappa shape index (κ3) is 3.03. The Morgan fingerprint density at radius 3 is 2.60 bits per heavy atom. The van der Waals surface area contributed by atoms with Gasteiger partial charge in [0.05, 0.1) is 0 Å². The lowest BCUT2D eigenvalue weighted by molar-refractivity contribution is -0.127. The predicted molar refractivity (Wildman–Crippen MR) is 81.5 cm³/mol. The lowest BCUT2D eigenvalue weighted by Gasteiger charge is -2.45. The van der Waals surface area contributed by atoms with Crippen LogP contribution in [-0.2, 0) is 4.79 Å². The van der Waals surface area contributed by atoms with Gasteiger partial charge in [-0.3, -0.25) is 4.79 Å². The minimum absolute atomic E-state index is 0.284. The second kappa shape index (κ2) is 6.05. The fourth-order valence-electron chi connectivity index (χ4n) is 4.73. The van der Waals surface area contributed by atoms with E-state index >= 15 is 0 Å². The van der Waals surface area contributed by atoms with Crippen LogP contribution >= 0.6 is 0 Å². The van der Waals surface area contributed by atoms with Crippen LogP contribution < -0.4 is 10.6 Å². The molecule has 3 heteroatoms. The van der Waals surface area contributed by atoms with E-state index in [-0.39, 0.29) is 5.92 Å². The van der Waals surface area contributed by atoms with E-state index in [1.54, 1.807) is 0 Å². The van der Waals surface area contributed by atoms with Gasteiger partial charge in [0, 0.05) is 17.5 Å². The van der Waals surface area contributed by atoms with Crippen molar-refractivity contribution in [1.82, 2.24) is 10.6 Å². The second-order valence-electron chi connectivity index (χ2n) is 7.48. The van der Waals surface area contributed by atoms with Gasteiger partial charge in [-0.1, -0.05) is 32.6 Å². The maximum absolute atomic E-state index is 12.5. The molecule has 1 saturated heterocycles. The first kappa shape index (κ1) is 14.4. The Bertz CT molecular complexity index is 343. The molecule has 1 amide bonds. The fourth-order valence-corrected chi connectivity index (χ4v) is 4.73. The Morgan fingerprint density at radius 1 is 1.10 bits per heavy atom. The summed E-state index contributed by atoms with van der Waals surface area (Å²) in [5, 5.41) is 7.15. The number of hydrogen-bond acceptors (Lipinski definition) is 2. The summed E-state index contributed by atoms with van der Waals surface area (Å²) in [7, 11) is 0. The molecule has 2 N–H and O–H groups in total. The molecule has 3 unspecified atom stereocenters. The minimum Gasteiger partial charge on any atom is -0.353 e. The van der Waals surface area contributed by atoms with E-state index in [1.165, 1.54) is 44.9 Å². The summed E-state index contributed by atoms with van der Waals surface area (Å²) in [6.45, 7) is 3.31. The van der Waals surface area contributed by atoms with Crippen LogP contribution in [0.15, 0.2) is 0 Å². The lowest BCUT2D eigenvalue weighted by atomic mass is 9.75. The van der Waals surface area contributed by atoms with Crippen molar-refractivity contribution in [3.63, 3.8) is 0 Å². The van der Waals surface area contributed by atoms with E-state index in [2.05, 4.69) is 17.6 Å². The molecule has 0 aromatic rings. The molecule has 0 aromatic heterocycles. The van der Waals surface area contributed by atoms with Gasteiger partial charge in [-0.05, 0) is 51.0 Å². The van der Waals surface area contributed by atoms with Crippen molar-refractivity contribution in [1.29, 1.82) is 0 Å². The summed E-state index contributed by atoms with van der Waals surface area (Å²) < 4.78 is 0. The molecular weight excluding hydrogens is 248 g/mol. The van der Waals surface area contributed by atoms with Crippen LogP contribution in [0.2, 0.25) is 0 Å². The molecule has 1 spiro atoms. The summed E-state index contributed by atoms with van der Waals surface area (Å²) in [5.74, 6) is 1.21. The second-order valence-corrected chi connectivity index (χ2v) is 7.48. The largest absolute Gasteiger partial charge is 0.353 e. The van der Waals surface area contributed by atoms with Gasteiger partial charge < -0.3 is 10.6 Å². The Hall–Kier alpha value is -0.570. The van der Waals surface area contributed by atoms with Gasteiger partial charge in [0.25, 0.3) is 0 Å². The molecule has 3 aliphatic rings. The zero-order chi connectivity index (χ0) is 14.0. The van der Waals surface area contributed by atoms with E-state index in [0.717, 1.165) is 25.8 Å². The number of hydrogen-bond donors (Lipinski definition) is 2. The Morgan fingerprint density at radius 2 is 1.90 bits per heavy atom. The Balaban J connectivity index is 1.55. The summed E-state index contributed by atoms with van der Waals surface area (Å²) in [5.41, 5.74) is 0.343. The van der Waals surface area contributed by atoms with Gasteiger partial charge in [-0.2, -0.15) is 0 Å². The molecule has 0 aromatic carbocycles. The summed E-state index contributed by atoms with van der Waals surface area (Å²) in [6.07, 6.45) is 12.5.